The average molecular weight is 492 g/mol. The SMILES string of the molecule is O=C(COc1ccccc1)Nc1nc2c(s1)C(=O)CC(C(=O)NCC1OCCc3ccccc31)C2. The molecule has 8 nitrogen and oxygen atoms in total. The fourth-order valence-corrected chi connectivity index (χ4v) is 5.33. The molecule has 0 fully saturated rings. The van der Waals surface area contributed by atoms with Crippen molar-refractivity contribution in [1.29, 1.82) is 0 Å². The number of carbonyl (C=O) groups is 3. The van der Waals surface area contributed by atoms with Gasteiger partial charge in [0.1, 0.15) is 11.9 Å². The van der Waals surface area contributed by atoms with Gasteiger partial charge < -0.3 is 14.8 Å². The van der Waals surface area contributed by atoms with Gasteiger partial charge in [-0.15, -0.1) is 0 Å². The first-order valence-electron chi connectivity index (χ1n) is 11.5. The molecule has 0 saturated carbocycles. The van der Waals surface area contributed by atoms with Gasteiger partial charge in [-0.1, -0.05) is 53.8 Å². The van der Waals surface area contributed by atoms with Gasteiger partial charge in [0.25, 0.3) is 5.91 Å². The zero-order valence-electron chi connectivity index (χ0n) is 19.0. The highest BCUT2D eigenvalue weighted by atomic mass is 32.1. The molecule has 2 atom stereocenters. The average Bonchev–Trinajstić information content (AvgIpc) is 3.29. The van der Waals surface area contributed by atoms with Crippen molar-refractivity contribution < 1.29 is 23.9 Å². The van der Waals surface area contributed by atoms with Gasteiger partial charge in [-0.25, -0.2) is 4.98 Å². The summed E-state index contributed by atoms with van der Waals surface area (Å²) in [5.41, 5.74) is 2.88. The summed E-state index contributed by atoms with van der Waals surface area (Å²) < 4.78 is 11.3. The summed E-state index contributed by atoms with van der Waals surface area (Å²) in [4.78, 5) is 42.7. The lowest BCUT2D eigenvalue weighted by Gasteiger charge is -2.27. The zero-order valence-corrected chi connectivity index (χ0v) is 19.8. The second-order valence-corrected chi connectivity index (χ2v) is 9.53. The molecule has 9 heteroatoms. The molecule has 0 radical (unpaired) electrons. The number of hydrogen-bond acceptors (Lipinski definition) is 7. The van der Waals surface area contributed by atoms with E-state index in [2.05, 4.69) is 21.7 Å². The van der Waals surface area contributed by atoms with E-state index in [0.29, 0.717) is 41.0 Å². The van der Waals surface area contributed by atoms with Crippen molar-refractivity contribution in [1.82, 2.24) is 10.3 Å². The summed E-state index contributed by atoms with van der Waals surface area (Å²) in [5.74, 6) is -0.600. The fraction of sp³-hybridized carbons (Fsp3) is 0.308. The maximum atomic E-state index is 12.9. The van der Waals surface area contributed by atoms with Crippen LogP contribution in [0.15, 0.2) is 54.6 Å². The van der Waals surface area contributed by atoms with Crippen molar-refractivity contribution in [2.75, 3.05) is 25.1 Å². The summed E-state index contributed by atoms with van der Waals surface area (Å²) in [6.07, 6.45) is 1.13. The van der Waals surface area contributed by atoms with Gasteiger partial charge >= 0.3 is 0 Å². The number of nitrogens with one attached hydrogen (secondary N) is 2. The number of anilines is 1. The van der Waals surface area contributed by atoms with Gasteiger partial charge in [-0.05, 0) is 29.7 Å². The third-order valence-corrected chi connectivity index (χ3v) is 7.16. The van der Waals surface area contributed by atoms with E-state index in [1.165, 1.54) is 5.56 Å². The minimum Gasteiger partial charge on any atom is -0.484 e. The number of rotatable bonds is 7. The molecule has 2 unspecified atom stereocenters. The van der Waals surface area contributed by atoms with Gasteiger partial charge in [0, 0.05) is 19.4 Å². The quantitative estimate of drug-likeness (QED) is 0.525. The number of Topliss-reactive ketones (excluding diaryl/α,β-unsaturated/α-hetero) is 1. The van der Waals surface area contributed by atoms with Gasteiger partial charge in [-0.2, -0.15) is 0 Å². The lowest BCUT2D eigenvalue weighted by Crippen LogP contribution is -2.38. The number of ether oxygens (including phenoxy) is 2. The van der Waals surface area contributed by atoms with Gasteiger partial charge in [0.15, 0.2) is 17.5 Å². The lowest BCUT2D eigenvalue weighted by atomic mass is 9.89. The molecule has 2 aliphatic rings. The Morgan fingerprint density at radius 1 is 1.09 bits per heavy atom. The monoisotopic (exact) mass is 491 g/mol. The van der Waals surface area contributed by atoms with Crippen LogP contribution in [0.5, 0.6) is 5.75 Å². The zero-order chi connectivity index (χ0) is 24.2. The number of nitrogens with zero attached hydrogens (tertiary/aromatic N) is 1. The van der Waals surface area contributed by atoms with Crippen LogP contribution in [0.1, 0.15) is 39.0 Å². The number of benzene rings is 2. The van der Waals surface area contributed by atoms with Crippen LogP contribution in [0.25, 0.3) is 0 Å². The summed E-state index contributed by atoms with van der Waals surface area (Å²) in [6.45, 7) is 0.805. The first kappa shape index (κ1) is 23.2. The minimum atomic E-state index is -0.499. The van der Waals surface area contributed by atoms with Gasteiger partial charge in [-0.3, -0.25) is 19.7 Å². The van der Waals surface area contributed by atoms with E-state index in [-0.39, 0.29) is 36.7 Å². The van der Waals surface area contributed by atoms with Crippen LogP contribution in [0.4, 0.5) is 5.13 Å². The Balaban J connectivity index is 1.16. The highest BCUT2D eigenvalue weighted by molar-refractivity contribution is 7.17. The highest BCUT2D eigenvalue weighted by Crippen LogP contribution is 2.33. The predicted octanol–water partition coefficient (Wildman–Crippen LogP) is 3.34. The molecule has 2 N–H and O–H groups in total. The molecule has 1 aliphatic heterocycles. The van der Waals surface area contributed by atoms with Crippen molar-refractivity contribution >= 4 is 34.1 Å². The number of carbonyl (C=O) groups excluding carboxylic acids is 3. The second kappa shape index (κ2) is 10.4. The van der Waals surface area contributed by atoms with E-state index in [1.807, 2.05) is 36.4 Å². The Labute approximate surface area is 206 Å². The molecule has 35 heavy (non-hydrogen) atoms. The number of thiazole rings is 1. The molecule has 0 bridgehead atoms. The first-order valence-corrected chi connectivity index (χ1v) is 12.4. The largest absolute Gasteiger partial charge is 0.484 e. The molecule has 3 aromatic rings. The lowest BCUT2D eigenvalue weighted by molar-refractivity contribution is -0.125. The number of aromatic nitrogens is 1. The summed E-state index contributed by atoms with van der Waals surface area (Å²) in [6, 6.07) is 17.1. The molecule has 1 aliphatic carbocycles. The molecule has 5 rings (SSSR count). The Bertz CT molecular complexity index is 1240. The van der Waals surface area contributed by atoms with Crippen LogP contribution in [-0.2, 0) is 27.2 Å². The number of para-hydroxylation sites is 1. The molecular formula is C26H25N3O5S. The van der Waals surface area contributed by atoms with E-state index in [9.17, 15) is 14.4 Å². The van der Waals surface area contributed by atoms with E-state index >= 15 is 0 Å². The molecule has 0 spiro atoms. The van der Waals surface area contributed by atoms with Crippen LogP contribution in [0.2, 0.25) is 0 Å². The topological polar surface area (TPSA) is 107 Å². The van der Waals surface area contributed by atoms with Crippen molar-refractivity contribution in [2.45, 2.75) is 25.4 Å². The Morgan fingerprint density at radius 3 is 2.74 bits per heavy atom. The molecule has 1 aromatic heterocycles. The predicted molar refractivity (Wildman–Crippen MR) is 131 cm³/mol. The van der Waals surface area contributed by atoms with Crippen molar-refractivity contribution in [3.63, 3.8) is 0 Å². The summed E-state index contributed by atoms with van der Waals surface area (Å²) in [5, 5.41) is 5.98. The van der Waals surface area contributed by atoms with Crippen LogP contribution in [0, 0.1) is 5.92 Å². The number of ketones is 1. The van der Waals surface area contributed by atoms with Gasteiger partial charge in [0.2, 0.25) is 5.91 Å². The first-order chi connectivity index (χ1) is 17.1. The summed E-state index contributed by atoms with van der Waals surface area (Å²) in [7, 11) is 0. The third-order valence-electron chi connectivity index (χ3n) is 6.11. The maximum Gasteiger partial charge on any atom is 0.264 e. The van der Waals surface area contributed by atoms with E-state index in [4.69, 9.17) is 9.47 Å². The molecule has 2 aromatic carbocycles. The number of hydrogen-bond donors (Lipinski definition) is 2. The fourth-order valence-electron chi connectivity index (χ4n) is 4.37. The Kier molecular flexibility index (Phi) is 6.87. The number of amides is 2. The minimum absolute atomic E-state index is 0.119. The van der Waals surface area contributed by atoms with E-state index in [1.54, 1.807) is 12.1 Å². The Hall–Kier alpha value is -3.56. The maximum absolute atomic E-state index is 12.9. The van der Waals surface area contributed by atoms with E-state index in [0.717, 1.165) is 23.3 Å². The van der Waals surface area contributed by atoms with Crippen LogP contribution >= 0.6 is 11.3 Å². The standard InChI is InChI=1S/C26H25N3O5S/c30-21-13-17(25(32)27-14-22-19-9-5-4-6-16(19)10-11-33-22)12-20-24(21)35-26(28-20)29-23(31)15-34-18-7-2-1-3-8-18/h1-9,17,22H,10-15H2,(H,27,32)(H,28,29,31). The summed E-state index contributed by atoms with van der Waals surface area (Å²) >= 11 is 1.14. The number of fused-ring (bicyclic) bond motifs is 2. The molecule has 180 valence electrons. The molecule has 2 heterocycles. The molecule has 2 amide bonds. The molecular weight excluding hydrogens is 466 g/mol. The Morgan fingerprint density at radius 2 is 1.89 bits per heavy atom. The van der Waals surface area contributed by atoms with Crippen LogP contribution in [-0.4, -0.2) is 42.3 Å². The van der Waals surface area contributed by atoms with E-state index < -0.39 is 5.92 Å². The normalized spacial score (nSPS) is 18.8. The van der Waals surface area contributed by atoms with Crippen molar-refractivity contribution in [2.24, 2.45) is 5.92 Å². The third kappa shape index (κ3) is 5.41. The van der Waals surface area contributed by atoms with Crippen LogP contribution < -0.4 is 15.4 Å². The molecule has 0 saturated heterocycles. The van der Waals surface area contributed by atoms with Crippen molar-refractivity contribution in [3.8, 4) is 5.75 Å². The smallest absolute Gasteiger partial charge is 0.264 e. The second-order valence-electron chi connectivity index (χ2n) is 8.53. The highest BCUT2D eigenvalue weighted by Gasteiger charge is 2.33. The van der Waals surface area contributed by atoms with Gasteiger partial charge in [0.05, 0.1) is 23.1 Å². The van der Waals surface area contributed by atoms with Crippen LogP contribution in [0.3, 0.4) is 0 Å². The van der Waals surface area contributed by atoms with Crippen molar-refractivity contribution in [3.05, 3.63) is 76.3 Å².